The van der Waals surface area contributed by atoms with E-state index < -0.39 is 5.91 Å². The van der Waals surface area contributed by atoms with Crippen molar-refractivity contribution in [3.63, 3.8) is 0 Å². The summed E-state index contributed by atoms with van der Waals surface area (Å²) < 4.78 is 5.40. The number of aliphatic imine (C=N–C) groups is 1. The average molecular weight is 229 g/mol. The predicted octanol–water partition coefficient (Wildman–Crippen LogP) is 1.34. The number of para-hydroxylation sites is 1. The van der Waals surface area contributed by atoms with Crippen LogP contribution in [0.1, 0.15) is 0 Å². The summed E-state index contributed by atoms with van der Waals surface area (Å²) in [6, 6.07) is 9.59. The van der Waals surface area contributed by atoms with E-state index >= 15 is 0 Å². The van der Waals surface area contributed by atoms with E-state index in [0.717, 1.165) is 10.9 Å². The molecule has 0 amide bonds. The Morgan fingerprint density at radius 1 is 1.29 bits per heavy atom. The minimum atomic E-state index is -1.65. The number of nitrogens with zero attached hydrogens (tertiary/aromatic N) is 1. The second kappa shape index (κ2) is 3.64. The van der Waals surface area contributed by atoms with Crippen LogP contribution in [0, 0.1) is 0 Å². The van der Waals surface area contributed by atoms with Crippen molar-refractivity contribution in [2.24, 2.45) is 4.99 Å². The summed E-state index contributed by atoms with van der Waals surface area (Å²) in [4.78, 5) is 6.87. The standard InChI is InChI=1S/C12H11N3O2/c16-12(5-6-13-8-14-12)17-11-7-9-3-1-2-4-10(9)15-11/h1-8,15-16H,(H,13,14). The molecule has 5 heteroatoms. The van der Waals surface area contributed by atoms with Gasteiger partial charge in [-0.1, -0.05) is 18.2 Å². The van der Waals surface area contributed by atoms with Gasteiger partial charge in [0, 0.05) is 29.2 Å². The molecule has 1 aromatic carbocycles. The number of fused-ring (bicyclic) bond motifs is 1. The van der Waals surface area contributed by atoms with Gasteiger partial charge in [-0.3, -0.25) is 0 Å². The van der Waals surface area contributed by atoms with Crippen LogP contribution in [0.4, 0.5) is 0 Å². The molecule has 0 spiro atoms. The van der Waals surface area contributed by atoms with Crippen molar-refractivity contribution < 1.29 is 9.84 Å². The lowest BCUT2D eigenvalue weighted by Crippen LogP contribution is -2.35. The van der Waals surface area contributed by atoms with Gasteiger partial charge in [-0.15, -0.1) is 0 Å². The number of hydrogen-bond donors (Lipinski definition) is 3. The van der Waals surface area contributed by atoms with E-state index in [0.29, 0.717) is 5.88 Å². The first kappa shape index (κ1) is 9.92. The van der Waals surface area contributed by atoms with E-state index in [2.05, 4.69) is 15.3 Å². The molecule has 0 saturated heterocycles. The second-order valence-corrected chi connectivity index (χ2v) is 3.74. The number of ether oxygens (including phenoxy) is 1. The van der Waals surface area contributed by atoms with Gasteiger partial charge in [0.1, 0.15) is 0 Å². The third-order valence-electron chi connectivity index (χ3n) is 2.49. The smallest absolute Gasteiger partial charge is 0.335 e. The maximum Gasteiger partial charge on any atom is 0.335 e. The summed E-state index contributed by atoms with van der Waals surface area (Å²) in [5.41, 5.74) is 0.952. The number of hydrogen-bond acceptors (Lipinski definition) is 4. The van der Waals surface area contributed by atoms with Crippen molar-refractivity contribution in [1.29, 1.82) is 0 Å². The van der Waals surface area contributed by atoms with E-state index in [-0.39, 0.29) is 0 Å². The molecule has 1 unspecified atom stereocenters. The van der Waals surface area contributed by atoms with Gasteiger partial charge in [0.25, 0.3) is 0 Å². The molecule has 3 N–H and O–H groups in total. The molecule has 2 heterocycles. The Morgan fingerprint density at radius 2 is 2.18 bits per heavy atom. The van der Waals surface area contributed by atoms with Crippen LogP contribution in [0.15, 0.2) is 47.6 Å². The third-order valence-corrected chi connectivity index (χ3v) is 2.49. The molecule has 17 heavy (non-hydrogen) atoms. The van der Waals surface area contributed by atoms with E-state index in [4.69, 9.17) is 4.74 Å². The summed E-state index contributed by atoms with van der Waals surface area (Å²) in [5, 5.41) is 13.7. The van der Waals surface area contributed by atoms with Crippen LogP contribution in [0.25, 0.3) is 10.9 Å². The van der Waals surface area contributed by atoms with Crippen molar-refractivity contribution in [2.75, 3.05) is 0 Å². The van der Waals surface area contributed by atoms with Gasteiger partial charge in [-0.25, -0.2) is 0 Å². The molecule has 0 fully saturated rings. The molecule has 0 bridgehead atoms. The SMILES string of the molecule is OC1(Oc2cc3ccccc3[nH]2)C=CNC=N1. The zero-order valence-corrected chi connectivity index (χ0v) is 8.92. The van der Waals surface area contributed by atoms with E-state index in [1.54, 1.807) is 6.20 Å². The van der Waals surface area contributed by atoms with Gasteiger partial charge >= 0.3 is 5.91 Å². The Labute approximate surface area is 97.4 Å². The van der Waals surface area contributed by atoms with Gasteiger partial charge < -0.3 is 20.1 Å². The number of benzene rings is 1. The molecular weight excluding hydrogens is 218 g/mol. The van der Waals surface area contributed by atoms with Crippen LogP contribution in [0.2, 0.25) is 0 Å². The Hall–Kier alpha value is -2.27. The van der Waals surface area contributed by atoms with E-state index in [9.17, 15) is 5.11 Å². The molecule has 1 atom stereocenters. The predicted molar refractivity (Wildman–Crippen MR) is 64.6 cm³/mol. The van der Waals surface area contributed by atoms with Crippen molar-refractivity contribution >= 4 is 17.2 Å². The topological polar surface area (TPSA) is 69.6 Å². The number of aromatic nitrogens is 1. The first-order valence-electron chi connectivity index (χ1n) is 5.22. The second-order valence-electron chi connectivity index (χ2n) is 3.74. The maximum atomic E-state index is 9.98. The van der Waals surface area contributed by atoms with Crippen molar-refractivity contribution in [1.82, 2.24) is 10.3 Å². The van der Waals surface area contributed by atoms with Gasteiger partial charge in [0.15, 0.2) is 5.88 Å². The fourth-order valence-electron chi connectivity index (χ4n) is 1.70. The number of aromatic amines is 1. The zero-order chi connectivity index (χ0) is 11.7. The van der Waals surface area contributed by atoms with Crippen LogP contribution in [0.5, 0.6) is 5.88 Å². The lowest BCUT2D eigenvalue weighted by molar-refractivity contribution is -0.0891. The number of nitrogens with one attached hydrogen (secondary N) is 2. The molecule has 2 aromatic rings. The molecule has 0 aliphatic carbocycles. The fraction of sp³-hybridized carbons (Fsp3) is 0.0833. The quantitative estimate of drug-likeness (QED) is 0.680. The summed E-state index contributed by atoms with van der Waals surface area (Å²) in [6.45, 7) is 0. The van der Waals surface area contributed by atoms with Crippen LogP contribution < -0.4 is 10.1 Å². The number of H-pyrrole nitrogens is 1. The molecule has 1 aliphatic heterocycles. The first-order chi connectivity index (χ1) is 8.25. The molecule has 0 saturated carbocycles. The summed E-state index contributed by atoms with van der Waals surface area (Å²) >= 11 is 0. The normalized spacial score (nSPS) is 22.6. The van der Waals surface area contributed by atoms with Crippen molar-refractivity contribution in [3.8, 4) is 5.88 Å². The molecule has 0 radical (unpaired) electrons. The molecule has 3 rings (SSSR count). The highest BCUT2D eigenvalue weighted by Gasteiger charge is 2.26. The summed E-state index contributed by atoms with van der Waals surface area (Å²) in [6.07, 6.45) is 4.37. The minimum absolute atomic E-state index is 0.470. The lowest BCUT2D eigenvalue weighted by atomic mass is 10.3. The Morgan fingerprint density at radius 3 is 2.94 bits per heavy atom. The average Bonchev–Trinajstić information content (AvgIpc) is 2.71. The maximum absolute atomic E-state index is 9.98. The van der Waals surface area contributed by atoms with Crippen LogP contribution >= 0.6 is 0 Å². The van der Waals surface area contributed by atoms with E-state index in [1.165, 1.54) is 12.4 Å². The summed E-state index contributed by atoms with van der Waals surface area (Å²) in [7, 11) is 0. The Balaban J connectivity index is 1.92. The molecule has 86 valence electrons. The van der Waals surface area contributed by atoms with Gasteiger partial charge in [0.2, 0.25) is 0 Å². The molecule has 5 nitrogen and oxygen atoms in total. The van der Waals surface area contributed by atoms with Crippen molar-refractivity contribution in [2.45, 2.75) is 5.91 Å². The molecule has 1 aliphatic rings. The highest BCUT2D eigenvalue weighted by Crippen LogP contribution is 2.24. The minimum Gasteiger partial charge on any atom is -0.424 e. The summed E-state index contributed by atoms with van der Waals surface area (Å²) in [5.74, 6) is -1.18. The third kappa shape index (κ3) is 1.88. The highest BCUT2D eigenvalue weighted by molar-refractivity contribution is 5.81. The van der Waals surface area contributed by atoms with Crippen molar-refractivity contribution in [3.05, 3.63) is 42.6 Å². The number of rotatable bonds is 2. The van der Waals surface area contributed by atoms with Crippen LogP contribution in [-0.4, -0.2) is 22.3 Å². The van der Waals surface area contributed by atoms with Gasteiger partial charge in [-0.2, -0.15) is 4.99 Å². The van der Waals surface area contributed by atoms with E-state index in [1.807, 2.05) is 30.3 Å². The van der Waals surface area contributed by atoms with Crippen LogP contribution in [-0.2, 0) is 0 Å². The Kier molecular flexibility index (Phi) is 2.12. The lowest BCUT2D eigenvalue weighted by Gasteiger charge is -2.21. The monoisotopic (exact) mass is 229 g/mol. The number of aliphatic hydroxyl groups is 1. The Bertz CT molecular complexity index is 556. The largest absolute Gasteiger partial charge is 0.424 e. The molecule has 1 aromatic heterocycles. The highest BCUT2D eigenvalue weighted by atomic mass is 16.6. The fourth-order valence-corrected chi connectivity index (χ4v) is 1.70. The first-order valence-corrected chi connectivity index (χ1v) is 5.22. The molecular formula is C12H11N3O2. The van der Waals surface area contributed by atoms with Gasteiger partial charge in [-0.05, 0) is 6.07 Å². The van der Waals surface area contributed by atoms with Gasteiger partial charge in [0.05, 0.1) is 6.34 Å². The van der Waals surface area contributed by atoms with Crippen LogP contribution in [0.3, 0.4) is 0 Å². The zero-order valence-electron chi connectivity index (χ0n) is 8.92.